The Hall–Kier alpha value is -6.18. The number of carbonyl (C=O) groups excluding carboxylic acids is 2. The van der Waals surface area contributed by atoms with Crippen LogP contribution in [0.5, 0.6) is 23.0 Å². The molecule has 0 aromatic heterocycles. The van der Waals surface area contributed by atoms with E-state index in [2.05, 4.69) is 153 Å². The Morgan fingerprint density at radius 2 is 0.645 bits per heavy atom. The number of amides is 2. The molecule has 0 radical (unpaired) electrons. The van der Waals surface area contributed by atoms with Crippen LogP contribution in [0.25, 0.3) is 64.6 Å². The summed E-state index contributed by atoms with van der Waals surface area (Å²) in [6.45, 7) is 18.4. The first-order valence-corrected chi connectivity index (χ1v) is 33.4. The van der Waals surface area contributed by atoms with Crippen molar-refractivity contribution in [3.63, 3.8) is 0 Å². The summed E-state index contributed by atoms with van der Waals surface area (Å²) in [5, 5.41) is 22.0. The Labute approximate surface area is 592 Å². The minimum absolute atomic E-state index is 0. The van der Waals surface area contributed by atoms with E-state index in [9.17, 15) is 9.59 Å². The average Bonchev–Trinajstić information content (AvgIpc) is 0.811. The van der Waals surface area contributed by atoms with Gasteiger partial charge in [0.1, 0.15) is 26.4 Å². The van der Waals surface area contributed by atoms with Crippen LogP contribution in [0.2, 0.25) is 0 Å². The van der Waals surface area contributed by atoms with Crippen molar-refractivity contribution in [2.45, 2.75) is 91.9 Å². The molecule has 15 heteroatoms. The summed E-state index contributed by atoms with van der Waals surface area (Å²) in [6, 6.07) is 51.7. The van der Waals surface area contributed by atoms with E-state index in [1.54, 1.807) is 0 Å². The predicted octanol–water partition coefficient (Wildman–Crippen LogP) is 12.0. The number of nitrogens with one attached hydrogen (secondary N) is 2. The minimum atomic E-state index is 0. The number of ether oxygens (including phenoxy) is 10. The van der Waals surface area contributed by atoms with E-state index in [4.69, 9.17) is 47.4 Å². The zero-order valence-corrected chi connectivity index (χ0v) is 58.7. The van der Waals surface area contributed by atoms with Crippen LogP contribution in [-0.4, -0.2) is 131 Å². The van der Waals surface area contributed by atoms with Crippen LogP contribution < -0.4 is 81.0 Å². The molecule has 2 N–H and O–H groups in total. The number of carbonyl (C=O) groups is 2. The number of benzene rings is 10. The molecule has 14 nitrogen and oxygen atoms in total. The van der Waals surface area contributed by atoms with Gasteiger partial charge < -0.3 is 58.0 Å². The summed E-state index contributed by atoms with van der Waals surface area (Å²) < 4.78 is 55.9. The van der Waals surface area contributed by atoms with Gasteiger partial charge in [-0.15, -0.1) is 0 Å². The second kappa shape index (κ2) is 40.3. The summed E-state index contributed by atoms with van der Waals surface area (Å²) in [6.07, 6.45) is 8.86. The van der Waals surface area contributed by atoms with Gasteiger partial charge in [-0.25, -0.2) is 0 Å². The number of rotatable bonds is 14. The zero-order valence-electron chi connectivity index (χ0n) is 55.6. The topological polar surface area (TPSA) is 150 Å². The SMILES string of the molecule is CCCNC(=O)CCc1ccc2c(c1)OCCOCCOCCOCCO2.CCCNC(=O)CCc1ccc2ccc3cccc4ccc1c2c34.CCCc1ccc2c(c1)OCCOCCOCCOCCO2.CCCc1ccc2ccc3cccc4ccc1c2c34.[K+]. The maximum absolute atomic E-state index is 11.9. The van der Waals surface area contributed by atoms with Crippen molar-refractivity contribution in [1.82, 2.24) is 10.6 Å². The Kier molecular flexibility index (Phi) is 31.5. The van der Waals surface area contributed by atoms with Gasteiger partial charge in [-0.1, -0.05) is 162 Å². The van der Waals surface area contributed by atoms with E-state index >= 15 is 0 Å². The smallest absolute Gasteiger partial charge is 0.487 e. The van der Waals surface area contributed by atoms with E-state index in [0.29, 0.717) is 143 Å². The summed E-state index contributed by atoms with van der Waals surface area (Å²) >= 11 is 0. The molecule has 12 rings (SSSR count). The van der Waals surface area contributed by atoms with Crippen LogP contribution in [0.4, 0.5) is 0 Å². The number of aryl methyl sites for hydroxylation is 4. The molecule has 0 bridgehead atoms. The molecule has 2 aliphatic rings. The second-order valence-electron chi connectivity index (χ2n) is 23.0. The largest absolute Gasteiger partial charge is 1.00 e. The molecule has 0 fully saturated rings. The zero-order chi connectivity index (χ0) is 64.0. The maximum atomic E-state index is 11.9. The van der Waals surface area contributed by atoms with Crippen LogP contribution in [0.1, 0.15) is 88.5 Å². The summed E-state index contributed by atoms with van der Waals surface area (Å²) in [5.74, 6) is 3.08. The number of hydrogen-bond acceptors (Lipinski definition) is 12. The van der Waals surface area contributed by atoms with Gasteiger partial charge in [-0.05, 0) is 150 Å². The van der Waals surface area contributed by atoms with Crippen LogP contribution >= 0.6 is 0 Å². The Bertz CT molecular complexity index is 3810. The molecule has 0 saturated heterocycles. The quantitative estimate of drug-likeness (QED) is 0.0788. The van der Waals surface area contributed by atoms with E-state index in [1.165, 1.54) is 87.7 Å². The van der Waals surface area contributed by atoms with Crippen molar-refractivity contribution in [2.24, 2.45) is 0 Å². The monoisotopic (exact) mass is 1290 g/mol. The molecule has 10 aromatic carbocycles. The molecule has 2 heterocycles. The van der Waals surface area contributed by atoms with E-state index in [-0.39, 0.29) is 63.2 Å². The Morgan fingerprint density at radius 3 is 1.03 bits per heavy atom. The molecular formula is C78H94KN2O12+. The second-order valence-corrected chi connectivity index (χ2v) is 23.0. The van der Waals surface area contributed by atoms with Gasteiger partial charge in [0.2, 0.25) is 11.8 Å². The van der Waals surface area contributed by atoms with Crippen molar-refractivity contribution < 1.29 is 108 Å². The minimum Gasteiger partial charge on any atom is -0.487 e. The molecule has 0 spiro atoms. The van der Waals surface area contributed by atoms with E-state index in [1.807, 2.05) is 31.2 Å². The molecule has 0 atom stereocenters. The molecular weight excluding hydrogens is 1200 g/mol. The fraction of sp³-hybridized carbons (Fsp3) is 0.410. The summed E-state index contributed by atoms with van der Waals surface area (Å²) in [4.78, 5) is 23.7. The van der Waals surface area contributed by atoms with E-state index < -0.39 is 0 Å². The van der Waals surface area contributed by atoms with Gasteiger partial charge in [0, 0.05) is 25.9 Å². The van der Waals surface area contributed by atoms with Crippen molar-refractivity contribution in [2.75, 3.05) is 119 Å². The van der Waals surface area contributed by atoms with Gasteiger partial charge in [-0.3, -0.25) is 9.59 Å². The number of hydrogen-bond donors (Lipinski definition) is 2. The Morgan fingerprint density at radius 1 is 0.323 bits per heavy atom. The maximum Gasteiger partial charge on any atom is 1.00 e. The van der Waals surface area contributed by atoms with Crippen LogP contribution in [0.3, 0.4) is 0 Å². The van der Waals surface area contributed by atoms with Gasteiger partial charge >= 0.3 is 51.4 Å². The first kappa shape index (κ1) is 72.6. The molecule has 0 saturated carbocycles. The molecule has 2 amide bonds. The summed E-state index contributed by atoms with van der Waals surface area (Å²) in [7, 11) is 0. The molecule has 0 unspecified atom stereocenters. The first-order valence-electron chi connectivity index (χ1n) is 33.4. The van der Waals surface area contributed by atoms with Crippen LogP contribution in [-0.2, 0) is 63.7 Å². The molecule has 488 valence electrons. The third kappa shape index (κ3) is 21.9. The average molecular weight is 1290 g/mol. The standard InChI is InChI=1S/C22H21NO.C20H31NO6.C19H16.C17H26O5.K/c1-2-14-23-20(24)13-11-15-6-7-18-9-8-16-4-3-5-17-10-12-19(15)22(18)21(16)17;1-2-7-21-20(22)6-4-17-3-5-18-19(16-17)27-15-13-25-11-9-23-8-10-24-12-14-26-18;1-2-4-13-7-8-16-10-9-14-5-3-6-15-11-12-17(13)19(16)18(14)15;1-2-3-15-4-5-16-17(14-15)22-13-11-20-9-7-18-6-8-19-10-12-21-16;/h3-10,12H,2,11,13-14H2,1H3,(H,23,24);3,5,16H,2,4,6-15H2,1H3,(H,21,22);3,5-12H,2,4H2,1H3;4-5,14H,2-3,6-13H2,1H3;/q;;;;+1. The van der Waals surface area contributed by atoms with Gasteiger partial charge in [0.25, 0.3) is 0 Å². The van der Waals surface area contributed by atoms with Crippen molar-refractivity contribution in [3.05, 3.63) is 168 Å². The van der Waals surface area contributed by atoms with Crippen molar-refractivity contribution >= 4 is 76.4 Å². The predicted molar refractivity (Wildman–Crippen MR) is 371 cm³/mol. The molecule has 93 heavy (non-hydrogen) atoms. The van der Waals surface area contributed by atoms with Gasteiger partial charge in [0.05, 0.1) is 79.3 Å². The van der Waals surface area contributed by atoms with Crippen LogP contribution in [0.15, 0.2) is 146 Å². The van der Waals surface area contributed by atoms with Gasteiger partial charge in [0.15, 0.2) is 23.0 Å². The first-order chi connectivity index (χ1) is 45.3. The van der Waals surface area contributed by atoms with Crippen molar-refractivity contribution in [1.29, 1.82) is 0 Å². The molecule has 10 aromatic rings. The van der Waals surface area contributed by atoms with E-state index in [0.717, 1.165) is 62.1 Å². The number of fused-ring (bicyclic) bond motifs is 2. The third-order valence-corrected chi connectivity index (χ3v) is 16.1. The molecule has 0 aliphatic carbocycles. The Balaban J connectivity index is 0.000000160. The fourth-order valence-electron chi connectivity index (χ4n) is 11.6. The molecule has 2 aliphatic heterocycles. The van der Waals surface area contributed by atoms with Gasteiger partial charge in [-0.2, -0.15) is 0 Å². The van der Waals surface area contributed by atoms with Crippen LogP contribution in [0, 0.1) is 0 Å². The third-order valence-electron chi connectivity index (χ3n) is 16.1. The summed E-state index contributed by atoms with van der Waals surface area (Å²) in [5.41, 5.74) is 5.03. The fourth-order valence-corrected chi connectivity index (χ4v) is 11.6. The normalized spacial score (nSPS) is 14.6. The van der Waals surface area contributed by atoms with Crippen molar-refractivity contribution in [3.8, 4) is 23.0 Å².